The molecule has 0 aliphatic rings. The van der Waals surface area contributed by atoms with E-state index in [2.05, 4.69) is 16.8 Å². The normalized spacial score (nSPS) is 11.2. The highest BCUT2D eigenvalue weighted by Crippen LogP contribution is 2.29. The standard InChI is InChI=1S/C25H17F3N2O3/c26-25(27,28)19-8-5-6-17(14-19)11-12-22-21(29-23-10-3-4-13-30(22)23)16-33-15-18-7-1-2-9-20(18)24(31)32/h1-10,13-14H,15-16H2,(H,31,32). The van der Waals surface area contributed by atoms with Crippen LogP contribution in [0, 0.1) is 11.8 Å². The Morgan fingerprint density at radius 1 is 1.00 bits per heavy atom. The zero-order chi connectivity index (χ0) is 23.4. The van der Waals surface area contributed by atoms with Gasteiger partial charge in [0.05, 0.1) is 24.3 Å². The van der Waals surface area contributed by atoms with Crippen LogP contribution < -0.4 is 0 Å². The molecular weight excluding hydrogens is 433 g/mol. The predicted octanol–water partition coefficient (Wildman–Crippen LogP) is 5.17. The molecule has 4 rings (SSSR count). The Bertz CT molecular complexity index is 1380. The number of pyridine rings is 1. The first-order valence-electron chi connectivity index (χ1n) is 9.87. The van der Waals surface area contributed by atoms with Gasteiger partial charge in [0.2, 0.25) is 0 Å². The van der Waals surface area contributed by atoms with Crippen molar-refractivity contribution in [3.8, 4) is 11.8 Å². The summed E-state index contributed by atoms with van der Waals surface area (Å²) in [5, 5.41) is 9.31. The lowest BCUT2D eigenvalue weighted by Crippen LogP contribution is -2.05. The van der Waals surface area contributed by atoms with E-state index < -0.39 is 17.7 Å². The molecule has 0 saturated heterocycles. The van der Waals surface area contributed by atoms with E-state index in [1.165, 1.54) is 18.2 Å². The Morgan fingerprint density at radius 2 is 1.79 bits per heavy atom. The van der Waals surface area contributed by atoms with Gasteiger partial charge in [-0.2, -0.15) is 13.2 Å². The Hall–Kier alpha value is -4.09. The Morgan fingerprint density at radius 3 is 2.58 bits per heavy atom. The first-order chi connectivity index (χ1) is 15.8. The maximum atomic E-state index is 13.0. The molecule has 1 N–H and O–H groups in total. The molecule has 2 aromatic carbocycles. The second-order valence-corrected chi connectivity index (χ2v) is 7.12. The monoisotopic (exact) mass is 450 g/mol. The van der Waals surface area contributed by atoms with Crippen molar-refractivity contribution in [1.29, 1.82) is 0 Å². The molecule has 0 amide bonds. The topological polar surface area (TPSA) is 63.8 Å². The highest BCUT2D eigenvalue weighted by Gasteiger charge is 2.30. The minimum Gasteiger partial charge on any atom is -0.478 e. The van der Waals surface area contributed by atoms with Gasteiger partial charge in [-0.3, -0.25) is 4.40 Å². The maximum absolute atomic E-state index is 13.0. The lowest BCUT2D eigenvalue weighted by Gasteiger charge is -2.07. The van der Waals surface area contributed by atoms with E-state index in [1.807, 2.05) is 0 Å². The second kappa shape index (κ2) is 9.18. The number of hydrogen-bond donors (Lipinski definition) is 1. The number of rotatable bonds is 5. The number of aromatic nitrogens is 2. The Balaban J connectivity index is 1.62. The molecule has 0 aliphatic heterocycles. The number of halogens is 3. The molecular formula is C25H17F3N2O3. The Kier molecular flexibility index (Phi) is 6.16. The van der Waals surface area contributed by atoms with Crippen molar-refractivity contribution in [2.45, 2.75) is 19.4 Å². The van der Waals surface area contributed by atoms with Crippen LogP contribution in [0.5, 0.6) is 0 Å². The van der Waals surface area contributed by atoms with Gasteiger partial charge in [-0.15, -0.1) is 0 Å². The molecule has 0 unspecified atom stereocenters. The number of carboxylic acid groups (broad SMARTS) is 1. The molecule has 0 saturated carbocycles. The third-order valence-electron chi connectivity index (χ3n) is 4.86. The van der Waals surface area contributed by atoms with E-state index in [1.54, 1.807) is 47.0 Å². The number of carbonyl (C=O) groups is 1. The quantitative estimate of drug-likeness (QED) is 0.426. The fraction of sp³-hybridized carbons (Fsp3) is 0.120. The number of imidazole rings is 1. The van der Waals surface area contributed by atoms with E-state index in [9.17, 15) is 23.1 Å². The summed E-state index contributed by atoms with van der Waals surface area (Å²) in [6, 6.07) is 16.7. The van der Waals surface area contributed by atoms with E-state index in [0.29, 0.717) is 22.6 Å². The largest absolute Gasteiger partial charge is 0.478 e. The Labute approximate surface area is 187 Å². The average molecular weight is 450 g/mol. The summed E-state index contributed by atoms with van der Waals surface area (Å²) in [5.41, 5.74) is 1.70. The number of benzene rings is 2. The van der Waals surface area contributed by atoms with E-state index >= 15 is 0 Å². The maximum Gasteiger partial charge on any atom is 0.416 e. The zero-order valence-corrected chi connectivity index (χ0v) is 17.1. The van der Waals surface area contributed by atoms with Crippen molar-refractivity contribution in [2.75, 3.05) is 0 Å². The number of carboxylic acids is 1. The summed E-state index contributed by atoms with van der Waals surface area (Å²) in [6.07, 6.45) is -2.70. The molecule has 0 bridgehead atoms. The van der Waals surface area contributed by atoms with Gasteiger partial charge in [0.1, 0.15) is 17.0 Å². The van der Waals surface area contributed by atoms with Crippen molar-refractivity contribution in [3.63, 3.8) is 0 Å². The van der Waals surface area contributed by atoms with Gasteiger partial charge in [-0.25, -0.2) is 9.78 Å². The highest BCUT2D eigenvalue weighted by atomic mass is 19.4. The van der Waals surface area contributed by atoms with Crippen LogP contribution in [0.3, 0.4) is 0 Å². The molecule has 5 nitrogen and oxygen atoms in total. The molecule has 0 aliphatic carbocycles. The van der Waals surface area contributed by atoms with Crippen LogP contribution in [0.25, 0.3) is 5.65 Å². The molecule has 0 fully saturated rings. The molecule has 2 aromatic heterocycles. The third-order valence-corrected chi connectivity index (χ3v) is 4.86. The number of fused-ring (bicyclic) bond motifs is 1. The first-order valence-corrected chi connectivity index (χ1v) is 9.87. The van der Waals surface area contributed by atoms with Crippen molar-refractivity contribution < 1.29 is 27.8 Å². The molecule has 0 radical (unpaired) electrons. The summed E-state index contributed by atoms with van der Waals surface area (Å²) in [5.74, 6) is 4.65. The van der Waals surface area contributed by atoms with Crippen LogP contribution in [-0.4, -0.2) is 20.5 Å². The van der Waals surface area contributed by atoms with Gasteiger partial charge >= 0.3 is 12.1 Å². The molecule has 8 heteroatoms. The SMILES string of the molecule is O=C(O)c1ccccc1COCc1nc2ccccn2c1C#Cc1cccc(C(F)(F)F)c1. The molecule has 166 valence electrons. The number of hydrogen-bond acceptors (Lipinski definition) is 3. The lowest BCUT2D eigenvalue weighted by atomic mass is 10.1. The minimum atomic E-state index is -4.45. The summed E-state index contributed by atoms with van der Waals surface area (Å²) < 4.78 is 46.4. The molecule has 0 spiro atoms. The highest BCUT2D eigenvalue weighted by molar-refractivity contribution is 5.89. The summed E-state index contributed by atoms with van der Waals surface area (Å²) >= 11 is 0. The van der Waals surface area contributed by atoms with Crippen molar-refractivity contribution in [3.05, 3.63) is 107 Å². The van der Waals surface area contributed by atoms with Gasteiger partial charge in [-0.05, 0) is 47.9 Å². The third kappa shape index (κ3) is 5.05. The van der Waals surface area contributed by atoms with Crippen LogP contribution in [0.2, 0.25) is 0 Å². The van der Waals surface area contributed by atoms with Gasteiger partial charge in [0.15, 0.2) is 0 Å². The van der Waals surface area contributed by atoms with Crippen LogP contribution in [0.1, 0.15) is 38.4 Å². The molecule has 2 heterocycles. The van der Waals surface area contributed by atoms with E-state index in [4.69, 9.17) is 4.74 Å². The van der Waals surface area contributed by atoms with Gasteiger partial charge in [0, 0.05) is 11.8 Å². The van der Waals surface area contributed by atoms with E-state index in [0.717, 1.165) is 12.1 Å². The summed E-state index contributed by atoms with van der Waals surface area (Å²) in [6.45, 7) is 0.0963. The number of ether oxygens (including phenoxy) is 1. The van der Waals surface area contributed by atoms with Crippen LogP contribution in [0.15, 0.2) is 72.9 Å². The fourth-order valence-electron chi connectivity index (χ4n) is 3.29. The van der Waals surface area contributed by atoms with Gasteiger partial charge in [0.25, 0.3) is 0 Å². The molecule has 33 heavy (non-hydrogen) atoms. The van der Waals surface area contributed by atoms with E-state index in [-0.39, 0.29) is 24.3 Å². The summed E-state index contributed by atoms with van der Waals surface area (Å²) in [7, 11) is 0. The van der Waals surface area contributed by atoms with Crippen LogP contribution in [-0.2, 0) is 24.1 Å². The smallest absolute Gasteiger partial charge is 0.416 e. The minimum absolute atomic E-state index is 0.0439. The number of alkyl halides is 3. The average Bonchev–Trinajstić information content (AvgIpc) is 3.15. The summed E-state index contributed by atoms with van der Waals surface area (Å²) in [4.78, 5) is 15.9. The zero-order valence-electron chi connectivity index (χ0n) is 17.1. The van der Waals surface area contributed by atoms with Crippen LogP contribution >= 0.6 is 0 Å². The second-order valence-electron chi connectivity index (χ2n) is 7.12. The molecule has 0 atom stereocenters. The first kappa shape index (κ1) is 22.1. The molecule has 4 aromatic rings. The fourth-order valence-corrected chi connectivity index (χ4v) is 3.29. The lowest BCUT2D eigenvalue weighted by molar-refractivity contribution is -0.137. The predicted molar refractivity (Wildman–Crippen MR) is 115 cm³/mol. The van der Waals surface area contributed by atoms with Crippen LogP contribution in [0.4, 0.5) is 13.2 Å². The number of aromatic carboxylic acids is 1. The van der Waals surface area contributed by atoms with Crippen molar-refractivity contribution in [1.82, 2.24) is 9.38 Å². The number of nitrogens with zero attached hydrogens (tertiary/aromatic N) is 2. The van der Waals surface area contributed by atoms with Gasteiger partial charge in [-0.1, -0.05) is 36.3 Å². The van der Waals surface area contributed by atoms with Crippen molar-refractivity contribution >= 4 is 11.6 Å². The van der Waals surface area contributed by atoms with Gasteiger partial charge < -0.3 is 9.84 Å². The van der Waals surface area contributed by atoms with Crippen molar-refractivity contribution in [2.24, 2.45) is 0 Å².